The van der Waals surface area contributed by atoms with Crippen molar-refractivity contribution in [3.8, 4) is 11.1 Å². The molecule has 120 valence electrons. The first-order valence-electron chi connectivity index (χ1n) is 7.66. The molecule has 2 aromatic carbocycles. The van der Waals surface area contributed by atoms with E-state index >= 15 is 0 Å². The minimum Gasteiger partial charge on any atom is -0.480 e. The van der Waals surface area contributed by atoms with Gasteiger partial charge in [0.25, 0.3) is 0 Å². The molecule has 0 heterocycles. The van der Waals surface area contributed by atoms with Gasteiger partial charge in [-0.15, -0.1) is 0 Å². The van der Waals surface area contributed by atoms with Gasteiger partial charge in [0.2, 0.25) is 0 Å². The Morgan fingerprint density at radius 3 is 2.00 bits per heavy atom. The summed E-state index contributed by atoms with van der Waals surface area (Å²) < 4.78 is 0. The van der Waals surface area contributed by atoms with E-state index in [1.807, 2.05) is 12.1 Å². The highest BCUT2D eigenvalue weighted by molar-refractivity contribution is 5.99. The van der Waals surface area contributed by atoms with Crippen LogP contribution < -0.4 is 0 Å². The molecule has 0 aliphatic rings. The van der Waals surface area contributed by atoms with Crippen molar-refractivity contribution < 1.29 is 19.8 Å². The van der Waals surface area contributed by atoms with Crippen LogP contribution in [0.5, 0.6) is 0 Å². The summed E-state index contributed by atoms with van der Waals surface area (Å²) in [5.74, 6) is -4.24. The highest BCUT2D eigenvalue weighted by atomic mass is 16.4. The van der Waals surface area contributed by atoms with Crippen LogP contribution in [0.3, 0.4) is 0 Å². The van der Waals surface area contributed by atoms with Crippen molar-refractivity contribution in [2.75, 3.05) is 0 Å². The summed E-state index contributed by atoms with van der Waals surface area (Å²) in [5.41, 5.74) is 4.92. The third-order valence-corrected chi connectivity index (χ3v) is 4.06. The van der Waals surface area contributed by atoms with Gasteiger partial charge in [-0.1, -0.05) is 56.3 Å². The third kappa shape index (κ3) is 3.42. The van der Waals surface area contributed by atoms with Crippen molar-refractivity contribution in [2.24, 2.45) is 0 Å². The van der Waals surface area contributed by atoms with Gasteiger partial charge < -0.3 is 10.2 Å². The van der Waals surface area contributed by atoms with Crippen molar-refractivity contribution in [1.82, 2.24) is 0 Å². The topological polar surface area (TPSA) is 74.6 Å². The van der Waals surface area contributed by atoms with E-state index in [4.69, 9.17) is 10.2 Å². The van der Waals surface area contributed by atoms with E-state index in [0.29, 0.717) is 0 Å². The molecule has 0 saturated carbocycles. The van der Waals surface area contributed by atoms with Crippen LogP contribution in [0.25, 0.3) is 11.1 Å². The molecule has 2 aromatic rings. The number of carboxylic acid groups (broad SMARTS) is 2. The van der Waals surface area contributed by atoms with E-state index in [2.05, 4.69) is 19.9 Å². The van der Waals surface area contributed by atoms with Gasteiger partial charge in [0.1, 0.15) is 0 Å². The number of carbonyl (C=O) groups is 2. The van der Waals surface area contributed by atoms with E-state index in [9.17, 15) is 9.59 Å². The van der Waals surface area contributed by atoms with Gasteiger partial charge in [-0.2, -0.15) is 0 Å². The largest absolute Gasteiger partial charge is 0.480 e. The molecule has 4 nitrogen and oxygen atoms in total. The molecule has 0 fully saturated rings. The second kappa shape index (κ2) is 7.09. The van der Waals surface area contributed by atoms with Crippen LogP contribution in [0, 0.1) is 0 Å². The van der Waals surface area contributed by atoms with Crippen LogP contribution in [0.4, 0.5) is 0 Å². The van der Waals surface area contributed by atoms with Gasteiger partial charge in [0, 0.05) is 0 Å². The Bertz CT molecular complexity index is 703. The van der Waals surface area contributed by atoms with Crippen LogP contribution in [0.15, 0.2) is 42.5 Å². The molecule has 4 heteroatoms. The Morgan fingerprint density at radius 2 is 1.52 bits per heavy atom. The lowest BCUT2D eigenvalue weighted by atomic mass is 9.91. The van der Waals surface area contributed by atoms with E-state index in [1.165, 1.54) is 11.1 Å². The molecule has 0 aliphatic carbocycles. The summed E-state index contributed by atoms with van der Waals surface area (Å²) in [6.07, 6.45) is 1.86. The maximum Gasteiger partial charge on any atom is 0.322 e. The lowest BCUT2D eigenvalue weighted by molar-refractivity contribution is -0.150. The number of hydrogen-bond donors (Lipinski definition) is 2. The van der Waals surface area contributed by atoms with Crippen molar-refractivity contribution in [3.05, 3.63) is 59.2 Å². The number of aliphatic carboxylic acids is 2. The van der Waals surface area contributed by atoms with Gasteiger partial charge >= 0.3 is 11.9 Å². The zero-order chi connectivity index (χ0) is 17.0. The van der Waals surface area contributed by atoms with Gasteiger partial charge in [-0.05, 0) is 40.7 Å². The maximum atomic E-state index is 11.1. The van der Waals surface area contributed by atoms with Crippen molar-refractivity contribution in [3.63, 3.8) is 0 Å². The van der Waals surface area contributed by atoms with E-state index in [0.717, 1.165) is 24.0 Å². The number of benzene rings is 2. The molecule has 23 heavy (non-hydrogen) atoms. The Balaban J connectivity index is 2.44. The van der Waals surface area contributed by atoms with Crippen LogP contribution in [0.2, 0.25) is 0 Å². The summed E-state index contributed by atoms with van der Waals surface area (Å²) >= 11 is 0. The quantitative estimate of drug-likeness (QED) is 0.797. The average Bonchev–Trinajstić information content (AvgIpc) is 2.54. The van der Waals surface area contributed by atoms with E-state index < -0.39 is 17.9 Å². The smallest absolute Gasteiger partial charge is 0.322 e. The summed E-state index contributed by atoms with van der Waals surface area (Å²) in [6.45, 7) is 4.23. The molecule has 0 bridgehead atoms. The first kappa shape index (κ1) is 16.7. The molecule has 2 rings (SSSR count). The van der Waals surface area contributed by atoms with Crippen molar-refractivity contribution in [1.29, 1.82) is 0 Å². The Hall–Kier alpha value is -2.62. The van der Waals surface area contributed by atoms with E-state index in [-0.39, 0.29) is 5.56 Å². The van der Waals surface area contributed by atoms with Crippen LogP contribution in [-0.4, -0.2) is 22.2 Å². The molecule has 0 unspecified atom stereocenters. The SMILES string of the molecule is CCc1cccc(-c2ccc(C(C(=O)O)C(=O)O)cc2)c1CC. The summed E-state index contributed by atoms with van der Waals surface area (Å²) in [4.78, 5) is 22.2. The zero-order valence-corrected chi connectivity index (χ0v) is 13.2. The molecular formula is C19H20O4. The summed E-state index contributed by atoms with van der Waals surface area (Å²) in [5, 5.41) is 18.1. The molecule has 0 aliphatic heterocycles. The Labute approximate surface area is 135 Å². The average molecular weight is 312 g/mol. The number of aryl methyl sites for hydroxylation is 1. The summed E-state index contributed by atoms with van der Waals surface area (Å²) in [7, 11) is 0. The number of hydrogen-bond acceptors (Lipinski definition) is 2. The van der Waals surface area contributed by atoms with Gasteiger partial charge in [0.05, 0.1) is 0 Å². The highest BCUT2D eigenvalue weighted by Gasteiger charge is 2.27. The minimum absolute atomic E-state index is 0.276. The van der Waals surface area contributed by atoms with E-state index in [1.54, 1.807) is 24.3 Å². The number of rotatable bonds is 6. The molecule has 0 saturated heterocycles. The molecule has 0 amide bonds. The maximum absolute atomic E-state index is 11.1. The van der Waals surface area contributed by atoms with Crippen molar-refractivity contribution in [2.45, 2.75) is 32.6 Å². The fourth-order valence-corrected chi connectivity index (χ4v) is 2.90. The lowest BCUT2D eigenvalue weighted by Crippen LogP contribution is -2.20. The first-order chi connectivity index (χ1) is 11.0. The summed E-state index contributed by atoms with van der Waals surface area (Å²) in [6, 6.07) is 12.9. The number of carboxylic acids is 2. The van der Waals surface area contributed by atoms with Crippen LogP contribution in [-0.2, 0) is 22.4 Å². The second-order valence-electron chi connectivity index (χ2n) is 5.38. The highest BCUT2D eigenvalue weighted by Crippen LogP contribution is 2.29. The standard InChI is InChI=1S/C19H20O4/c1-3-12-6-5-7-16(15(12)4-2)13-8-10-14(11-9-13)17(18(20)21)19(22)23/h5-11,17H,3-4H2,1-2H3,(H,20,21)(H,22,23). The molecule has 0 radical (unpaired) electrons. The molecular weight excluding hydrogens is 292 g/mol. The lowest BCUT2D eigenvalue weighted by Gasteiger charge is -2.14. The fourth-order valence-electron chi connectivity index (χ4n) is 2.90. The molecule has 0 atom stereocenters. The normalized spacial score (nSPS) is 10.7. The predicted octanol–water partition coefficient (Wildman–Crippen LogP) is 3.73. The fraction of sp³-hybridized carbons (Fsp3) is 0.263. The first-order valence-corrected chi connectivity index (χ1v) is 7.66. The van der Waals surface area contributed by atoms with Gasteiger partial charge in [0.15, 0.2) is 5.92 Å². The van der Waals surface area contributed by atoms with Gasteiger partial charge in [-0.25, -0.2) is 0 Å². The Morgan fingerprint density at radius 1 is 0.913 bits per heavy atom. The van der Waals surface area contributed by atoms with Crippen LogP contribution >= 0.6 is 0 Å². The van der Waals surface area contributed by atoms with Gasteiger partial charge in [-0.3, -0.25) is 9.59 Å². The predicted molar refractivity (Wildman–Crippen MR) is 88.6 cm³/mol. The van der Waals surface area contributed by atoms with Crippen LogP contribution in [0.1, 0.15) is 36.5 Å². The third-order valence-electron chi connectivity index (χ3n) is 4.06. The minimum atomic E-state index is -1.53. The Kier molecular flexibility index (Phi) is 5.16. The molecule has 0 aromatic heterocycles. The molecule has 0 spiro atoms. The molecule has 2 N–H and O–H groups in total. The second-order valence-corrected chi connectivity index (χ2v) is 5.38. The zero-order valence-electron chi connectivity index (χ0n) is 13.2. The monoisotopic (exact) mass is 312 g/mol. The van der Waals surface area contributed by atoms with Crippen molar-refractivity contribution >= 4 is 11.9 Å².